The third-order valence-electron chi connectivity index (χ3n) is 4.64. The first-order valence-electron chi connectivity index (χ1n) is 9.05. The van der Waals surface area contributed by atoms with Crippen LogP contribution in [0.5, 0.6) is 5.75 Å². The van der Waals surface area contributed by atoms with Crippen LogP contribution in [0, 0.1) is 0 Å². The van der Waals surface area contributed by atoms with Gasteiger partial charge in [-0.2, -0.15) is 0 Å². The Balaban J connectivity index is 1.65. The molecule has 1 aliphatic carbocycles. The Morgan fingerprint density at radius 3 is 2.72 bits per heavy atom. The lowest BCUT2D eigenvalue weighted by atomic mass is 9.96. The van der Waals surface area contributed by atoms with Crippen LogP contribution in [0.25, 0.3) is 0 Å². The van der Waals surface area contributed by atoms with Gasteiger partial charge in [0.05, 0.1) is 24.2 Å². The first kappa shape index (κ1) is 18.0. The van der Waals surface area contributed by atoms with E-state index in [1.54, 1.807) is 0 Å². The van der Waals surface area contributed by atoms with Gasteiger partial charge in [0.25, 0.3) is 0 Å². The van der Waals surface area contributed by atoms with Gasteiger partial charge in [-0.3, -0.25) is 0 Å². The van der Waals surface area contributed by atoms with E-state index in [9.17, 15) is 8.42 Å². The minimum atomic E-state index is -2.91. The van der Waals surface area contributed by atoms with Crippen LogP contribution in [0.2, 0.25) is 0 Å². The minimum absolute atomic E-state index is 0.0655. The highest BCUT2D eigenvalue weighted by Crippen LogP contribution is 2.27. The minimum Gasteiger partial charge on any atom is -0.490 e. The summed E-state index contributed by atoms with van der Waals surface area (Å²) in [6.45, 7) is 3.22. The monoisotopic (exact) mass is 365 g/mol. The maximum Gasteiger partial charge on any atom is 0.191 e. The molecule has 1 saturated carbocycles. The number of benzene rings is 1. The van der Waals surface area contributed by atoms with Gasteiger partial charge in [0.2, 0.25) is 0 Å². The second-order valence-electron chi connectivity index (χ2n) is 6.72. The summed E-state index contributed by atoms with van der Waals surface area (Å²) < 4.78 is 29.3. The highest BCUT2D eigenvalue weighted by atomic mass is 32.2. The predicted octanol–water partition coefficient (Wildman–Crippen LogP) is 1.86. The highest BCUT2D eigenvalue weighted by Gasteiger charge is 2.28. The summed E-state index contributed by atoms with van der Waals surface area (Å²) in [5, 5.41) is 6.44. The van der Waals surface area contributed by atoms with Crippen molar-refractivity contribution in [3.8, 4) is 5.75 Å². The van der Waals surface area contributed by atoms with E-state index in [2.05, 4.69) is 15.6 Å². The number of aliphatic imine (C=N–C) groups is 1. The SMILES string of the molecule is CCNC(=NCc1ccccc1OC1CCC1)NC1CCS(=O)(=O)C1. The van der Waals surface area contributed by atoms with Crippen molar-refractivity contribution in [3.63, 3.8) is 0 Å². The molecule has 138 valence electrons. The Bertz CT molecular complexity index is 714. The topological polar surface area (TPSA) is 79.8 Å². The van der Waals surface area contributed by atoms with Crippen molar-refractivity contribution in [1.82, 2.24) is 10.6 Å². The number of para-hydroxylation sites is 1. The van der Waals surface area contributed by atoms with Crippen LogP contribution in [-0.2, 0) is 16.4 Å². The Morgan fingerprint density at radius 2 is 2.08 bits per heavy atom. The predicted molar refractivity (Wildman–Crippen MR) is 99.7 cm³/mol. The number of nitrogens with one attached hydrogen (secondary N) is 2. The molecule has 0 aromatic heterocycles. The van der Waals surface area contributed by atoms with Gasteiger partial charge in [0.15, 0.2) is 15.8 Å². The third-order valence-corrected chi connectivity index (χ3v) is 6.41. The second kappa shape index (κ2) is 8.08. The molecule has 25 heavy (non-hydrogen) atoms. The summed E-state index contributed by atoms with van der Waals surface area (Å²) in [6, 6.07) is 7.93. The number of guanidine groups is 1. The van der Waals surface area contributed by atoms with Gasteiger partial charge in [-0.1, -0.05) is 18.2 Å². The lowest BCUT2D eigenvalue weighted by molar-refractivity contribution is 0.119. The average molecular weight is 365 g/mol. The number of ether oxygens (including phenoxy) is 1. The summed E-state index contributed by atoms with van der Waals surface area (Å²) in [7, 11) is -2.91. The van der Waals surface area contributed by atoms with Crippen molar-refractivity contribution >= 4 is 15.8 Å². The Morgan fingerprint density at radius 1 is 1.28 bits per heavy atom. The average Bonchev–Trinajstić information content (AvgIpc) is 2.88. The van der Waals surface area contributed by atoms with Crippen LogP contribution in [-0.4, -0.2) is 44.6 Å². The zero-order valence-electron chi connectivity index (χ0n) is 14.7. The zero-order chi connectivity index (χ0) is 17.7. The van der Waals surface area contributed by atoms with E-state index in [1.165, 1.54) is 6.42 Å². The number of nitrogens with zero attached hydrogens (tertiary/aromatic N) is 1. The first-order valence-corrected chi connectivity index (χ1v) is 10.9. The van der Waals surface area contributed by atoms with Gasteiger partial charge in [0.1, 0.15) is 5.75 Å². The molecule has 1 atom stereocenters. The fourth-order valence-electron chi connectivity index (χ4n) is 3.00. The molecule has 2 aliphatic rings. The largest absolute Gasteiger partial charge is 0.490 e. The molecule has 0 spiro atoms. The fraction of sp³-hybridized carbons (Fsp3) is 0.611. The lowest BCUT2D eigenvalue weighted by Gasteiger charge is -2.27. The van der Waals surface area contributed by atoms with E-state index in [1.807, 2.05) is 31.2 Å². The van der Waals surface area contributed by atoms with Crippen LogP contribution >= 0.6 is 0 Å². The lowest BCUT2D eigenvalue weighted by Crippen LogP contribution is -2.44. The van der Waals surface area contributed by atoms with Crippen molar-refractivity contribution in [1.29, 1.82) is 0 Å². The Labute approximate surface area is 150 Å². The smallest absolute Gasteiger partial charge is 0.191 e. The summed E-state index contributed by atoms with van der Waals surface area (Å²) in [5.74, 6) is 1.99. The highest BCUT2D eigenvalue weighted by molar-refractivity contribution is 7.91. The maximum absolute atomic E-state index is 11.6. The van der Waals surface area contributed by atoms with Crippen molar-refractivity contribution in [3.05, 3.63) is 29.8 Å². The second-order valence-corrected chi connectivity index (χ2v) is 8.95. The summed E-state index contributed by atoms with van der Waals surface area (Å²) in [6.07, 6.45) is 4.45. The molecular weight excluding hydrogens is 338 g/mol. The zero-order valence-corrected chi connectivity index (χ0v) is 15.5. The van der Waals surface area contributed by atoms with E-state index >= 15 is 0 Å². The molecule has 7 heteroatoms. The molecule has 2 N–H and O–H groups in total. The molecule has 1 heterocycles. The number of rotatable bonds is 6. The molecule has 0 amide bonds. The molecule has 1 aromatic carbocycles. The molecule has 1 unspecified atom stereocenters. The van der Waals surface area contributed by atoms with Crippen LogP contribution in [0.4, 0.5) is 0 Å². The molecule has 6 nitrogen and oxygen atoms in total. The van der Waals surface area contributed by atoms with Crippen LogP contribution in [0.1, 0.15) is 38.2 Å². The summed E-state index contributed by atoms with van der Waals surface area (Å²) in [5.41, 5.74) is 1.05. The molecule has 0 radical (unpaired) electrons. The molecule has 1 aromatic rings. The van der Waals surface area contributed by atoms with Crippen molar-refractivity contribution in [2.24, 2.45) is 4.99 Å². The van der Waals surface area contributed by atoms with Crippen LogP contribution in [0.3, 0.4) is 0 Å². The van der Waals surface area contributed by atoms with Gasteiger partial charge >= 0.3 is 0 Å². The van der Waals surface area contributed by atoms with Gasteiger partial charge in [-0.15, -0.1) is 0 Å². The molecule has 2 fully saturated rings. The third kappa shape index (κ3) is 5.11. The van der Waals surface area contributed by atoms with E-state index in [0.29, 0.717) is 25.0 Å². The maximum atomic E-state index is 11.6. The van der Waals surface area contributed by atoms with Gasteiger partial charge in [-0.25, -0.2) is 13.4 Å². The number of hydrogen-bond acceptors (Lipinski definition) is 4. The molecule has 1 aliphatic heterocycles. The van der Waals surface area contributed by atoms with Crippen LogP contribution < -0.4 is 15.4 Å². The van der Waals surface area contributed by atoms with E-state index in [-0.39, 0.29) is 17.5 Å². The van der Waals surface area contributed by atoms with Gasteiger partial charge in [0, 0.05) is 18.2 Å². The van der Waals surface area contributed by atoms with E-state index in [0.717, 1.165) is 30.7 Å². The summed E-state index contributed by atoms with van der Waals surface area (Å²) in [4.78, 5) is 4.63. The van der Waals surface area contributed by atoms with Gasteiger partial charge in [-0.05, 0) is 38.7 Å². The van der Waals surface area contributed by atoms with Crippen molar-refractivity contribution < 1.29 is 13.2 Å². The number of sulfone groups is 1. The van der Waals surface area contributed by atoms with Crippen molar-refractivity contribution in [2.75, 3.05) is 18.1 Å². The molecule has 3 rings (SSSR count). The molecule has 1 saturated heterocycles. The fourth-order valence-corrected chi connectivity index (χ4v) is 4.68. The molecular formula is C18H27N3O3S. The van der Waals surface area contributed by atoms with Crippen LogP contribution in [0.15, 0.2) is 29.3 Å². The first-order chi connectivity index (χ1) is 12.1. The number of hydrogen-bond donors (Lipinski definition) is 2. The quantitative estimate of drug-likeness (QED) is 0.594. The van der Waals surface area contributed by atoms with Gasteiger partial charge < -0.3 is 15.4 Å². The van der Waals surface area contributed by atoms with E-state index in [4.69, 9.17) is 4.74 Å². The standard InChI is InChI=1S/C18H27N3O3S/c1-2-19-18(21-15-10-11-25(22,23)13-15)20-12-14-6-3-4-9-17(14)24-16-7-5-8-16/h3-4,6,9,15-16H,2,5,7-8,10-13H2,1H3,(H2,19,20,21). The Kier molecular flexibility index (Phi) is 5.83. The Hall–Kier alpha value is -1.76. The summed E-state index contributed by atoms with van der Waals surface area (Å²) >= 11 is 0. The molecule has 0 bridgehead atoms. The normalized spacial score (nSPS) is 23.1. The van der Waals surface area contributed by atoms with Crippen molar-refractivity contribution in [2.45, 2.75) is 51.3 Å². The van der Waals surface area contributed by atoms with E-state index < -0.39 is 9.84 Å².